The molecule has 1 aromatic carbocycles. The summed E-state index contributed by atoms with van der Waals surface area (Å²) in [5, 5.41) is 9.53. The Morgan fingerprint density at radius 2 is 2.03 bits per heavy atom. The standard InChI is InChI=1S/C23H22N6O4/c1-12-7-19-24-10-17(13(2)29(19)27-12)21(31)25-9-14-3-4-15-11-28(23(33)16(15)8-14)18-5-6-20(30)26-22(18)32/h3-4,7-8,10,18H,5-6,9,11H2,1-2H3,(H,25,31)(H,26,30,32). The van der Waals surface area contributed by atoms with Crippen molar-refractivity contribution in [2.45, 2.75) is 45.8 Å². The van der Waals surface area contributed by atoms with E-state index in [2.05, 4.69) is 20.7 Å². The van der Waals surface area contributed by atoms with Gasteiger partial charge < -0.3 is 10.2 Å². The molecule has 10 nitrogen and oxygen atoms in total. The fourth-order valence-electron chi connectivity index (χ4n) is 4.38. The van der Waals surface area contributed by atoms with Gasteiger partial charge >= 0.3 is 0 Å². The Bertz CT molecular complexity index is 1340. The van der Waals surface area contributed by atoms with E-state index in [0.717, 1.165) is 16.8 Å². The molecule has 1 unspecified atom stereocenters. The molecule has 2 aromatic heterocycles. The smallest absolute Gasteiger partial charge is 0.255 e. The number of imide groups is 1. The minimum absolute atomic E-state index is 0.214. The zero-order valence-corrected chi connectivity index (χ0v) is 18.2. The first-order chi connectivity index (χ1) is 15.8. The van der Waals surface area contributed by atoms with Gasteiger partial charge in [0.05, 0.1) is 17.0 Å². The first-order valence-electron chi connectivity index (χ1n) is 10.7. The van der Waals surface area contributed by atoms with Gasteiger partial charge in [0.15, 0.2) is 5.65 Å². The maximum atomic E-state index is 13.0. The van der Waals surface area contributed by atoms with E-state index in [1.807, 2.05) is 32.0 Å². The lowest BCUT2D eigenvalue weighted by atomic mass is 10.0. The average molecular weight is 446 g/mol. The maximum absolute atomic E-state index is 13.0. The number of rotatable bonds is 4. The number of aromatic nitrogens is 3. The lowest BCUT2D eigenvalue weighted by molar-refractivity contribution is -0.136. The number of carbonyl (C=O) groups excluding carboxylic acids is 4. The number of nitrogens with one attached hydrogen (secondary N) is 2. The molecule has 0 saturated carbocycles. The summed E-state index contributed by atoms with van der Waals surface area (Å²) in [5.41, 5.74) is 4.71. The van der Waals surface area contributed by atoms with Crippen LogP contribution in [0.25, 0.3) is 5.65 Å². The summed E-state index contributed by atoms with van der Waals surface area (Å²) >= 11 is 0. The summed E-state index contributed by atoms with van der Waals surface area (Å²) in [6.45, 7) is 4.23. The summed E-state index contributed by atoms with van der Waals surface area (Å²) < 4.78 is 1.64. The van der Waals surface area contributed by atoms with Gasteiger partial charge in [-0.15, -0.1) is 0 Å². The van der Waals surface area contributed by atoms with Crippen LogP contribution in [0.5, 0.6) is 0 Å². The van der Waals surface area contributed by atoms with Crippen LogP contribution in [0.3, 0.4) is 0 Å². The molecule has 33 heavy (non-hydrogen) atoms. The van der Waals surface area contributed by atoms with Crippen molar-refractivity contribution >= 4 is 29.3 Å². The SMILES string of the molecule is Cc1cc2ncc(C(=O)NCc3ccc4c(c3)C(=O)N(C3CCC(=O)NC3=O)C4)c(C)n2n1. The molecule has 0 spiro atoms. The summed E-state index contributed by atoms with van der Waals surface area (Å²) in [7, 11) is 0. The van der Waals surface area contributed by atoms with Crippen LogP contribution in [0, 0.1) is 13.8 Å². The van der Waals surface area contributed by atoms with Crippen molar-refractivity contribution in [3.63, 3.8) is 0 Å². The molecule has 2 aliphatic heterocycles. The van der Waals surface area contributed by atoms with Gasteiger partial charge in [0.2, 0.25) is 11.8 Å². The summed E-state index contributed by atoms with van der Waals surface area (Å²) in [6, 6.07) is 6.63. The van der Waals surface area contributed by atoms with Gasteiger partial charge in [-0.05, 0) is 37.5 Å². The number of aryl methyl sites for hydroxylation is 2. The number of carbonyl (C=O) groups is 4. The molecule has 2 N–H and O–H groups in total. The molecule has 0 bridgehead atoms. The molecule has 4 heterocycles. The maximum Gasteiger partial charge on any atom is 0.255 e. The zero-order chi connectivity index (χ0) is 23.3. The summed E-state index contributed by atoms with van der Waals surface area (Å²) in [6.07, 6.45) is 2.07. The molecule has 168 valence electrons. The summed E-state index contributed by atoms with van der Waals surface area (Å²) in [4.78, 5) is 55.1. The van der Waals surface area contributed by atoms with Gasteiger partial charge in [-0.3, -0.25) is 24.5 Å². The van der Waals surface area contributed by atoms with E-state index in [1.165, 1.54) is 11.1 Å². The van der Waals surface area contributed by atoms with Crippen LogP contribution in [0.4, 0.5) is 0 Å². The predicted molar refractivity (Wildman–Crippen MR) is 116 cm³/mol. The lowest BCUT2D eigenvalue weighted by Gasteiger charge is -2.29. The van der Waals surface area contributed by atoms with Gasteiger partial charge in [0.25, 0.3) is 11.8 Å². The highest BCUT2D eigenvalue weighted by molar-refractivity contribution is 6.05. The Balaban J connectivity index is 1.29. The fourth-order valence-corrected chi connectivity index (χ4v) is 4.38. The van der Waals surface area contributed by atoms with Crippen LogP contribution in [0.1, 0.15) is 56.1 Å². The third kappa shape index (κ3) is 3.63. The van der Waals surface area contributed by atoms with Crippen LogP contribution >= 0.6 is 0 Å². The lowest BCUT2D eigenvalue weighted by Crippen LogP contribution is -2.52. The molecule has 1 atom stereocenters. The fraction of sp³-hybridized carbons (Fsp3) is 0.304. The molecule has 0 radical (unpaired) electrons. The molecule has 0 aliphatic carbocycles. The van der Waals surface area contributed by atoms with Crippen LogP contribution in [0.15, 0.2) is 30.5 Å². The van der Waals surface area contributed by atoms with Crippen molar-refractivity contribution < 1.29 is 19.2 Å². The number of benzene rings is 1. The van der Waals surface area contributed by atoms with Crippen molar-refractivity contribution in [3.05, 3.63) is 64.1 Å². The highest BCUT2D eigenvalue weighted by atomic mass is 16.2. The average Bonchev–Trinajstić information content (AvgIpc) is 3.32. The Hall–Kier alpha value is -4.08. The Labute approximate surface area is 189 Å². The van der Waals surface area contributed by atoms with E-state index in [-0.39, 0.29) is 30.7 Å². The van der Waals surface area contributed by atoms with Crippen molar-refractivity contribution in [3.8, 4) is 0 Å². The van der Waals surface area contributed by atoms with Crippen molar-refractivity contribution in [2.24, 2.45) is 0 Å². The summed E-state index contributed by atoms with van der Waals surface area (Å²) in [5.74, 6) is -1.28. The largest absolute Gasteiger partial charge is 0.348 e. The number of fused-ring (bicyclic) bond motifs is 2. The van der Waals surface area contributed by atoms with E-state index in [4.69, 9.17) is 0 Å². The van der Waals surface area contributed by atoms with Crippen LogP contribution in [-0.4, -0.2) is 49.2 Å². The topological polar surface area (TPSA) is 126 Å². The van der Waals surface area contributed by atoms with Gasteiger partial charge in [-0.25, -0.2) is 9.50 Å². The van der Waals surface area contributed by atoms with Gasteiger partial charge in [-0.1, -0.05) is 12.1 Å². The Kier molecular flexibility index (Phi) is 4.92. The number of hydrogen-bond acceptors (Lipinski definition) is 6. The normalized spacial score (nSPS) is 17.9. The molecule has 1 fully saturated rings. The van der Waals surface area contributed by atoms with E-state index >= 15 is 0 Å². The van der Waals surface area contributed by atoms with Gasteiger partial charge in [-0.2, -0.15) is 5.10 Å². The van der Waals surface area contributed by atoms with E-state index < -0.39 is 11.9 Å². The third-order valence-electron chi connectivity index (χ3n) is 6.14. The predicted octanol–water partition coefficient (Wildman–Crippen LogP) is 1.04. The van der Waals surface area contributed by atoms with E-state index in [1.54, 1.807) is 10.6 Å². The van der Waals surface area contributed by atoms with Crippen molar-refractivity contribution in [1.29, 1.82) is 0 Å². The number of nitrogens with zero attached hydrogens (tertiary/aromatic N) is 4. The molecule has 4 amide bonds. The number of amides is 4. The molecular weight excluding hydrogens is 424 g/mol. The zero-order valence-electron chi connectivity index (χ0n) is 18.2. The monoisotopic (exact) mass is 446 g/mol. The van der Waals surface area contributed by atoms with Gasteiger partial charge in [0.1, 0.15) is 6.04 Å². The van der Waals surface area contributed by atoms with E-state index in [9.17, 15) is 19.2 Å². The molecule has 10 heteroatoms. The Morgan fingerprint density at radius 1 is 1.21 bits per heavy atom. The number of piperidine rings is 1. The highest BCUT2D eigenvalue weighted by Crippen LogP contribution is 2.28. The molecule has 5 rings (SSSR count). The van der Waals surface area contributed by atoms with Gasteiger partial charge in [0, 0.05) is 37.3 Å². The minimum Gasteiger partial charge on any atom is -0.348 e. The first kappa shape index (κ1) is 20.8. The van der Waals surface area contributed by atoms with Crippen LogP contribution in [0.2, 0.25) is 0 Å². The molecule has 1 saturated heterocycles. The van der Waals surface area contributed by atoms with Crippen LogP contribution in [-0.2, 0) is 22.7 Å². The van der Waals surface area contributed by atoms with Crippen LogP contribution < -0.4 is 10.6 Å². The second-order valence-electron chi connectivity index (χ2n) is 8.39. The quantitative estimate of drug-likeness (QED) is 0.577. The highest BCUT2D eigenvalue weighted by Gasteiger charge is 2.39. The molecule has 3 aromatic rings. The second kappa shape index (κ2) is 7.80. The molecular formula is C23H22N6O4. The molecule has 2 aliphatic rings. The van der Waals surface area contributed by atoms with Crippen molar-refractivity contribution in [2.75, 3.05) is 0 Å². The third-order valence-corrected chi connectivity index (χ3v) is 6.14. The number of hydrogen-bond donors (Lipinski definition) is 2. The first-order valence-corrected chi connectivity index (χ1v) is 10.7. The van der Waals surface area contributed by atoms with E-state index in [0.29, 0.717) is 35.4 Å². The minimum atomic E-state index is -0.651. The second-order valence-corrected chi connectivity index (χ2v) is 8.39. The van der Waals surface area contributed by atoms with Crippen molar-refractivity contribution in [1.82, 2.24) is 30.1 Å². The Morgan fingerprint density at radius 3 is 2.82 bits per heavy atom.